The SMILES string of the molecule is Cc1ccc(OCCn2c(CCCO)nc3cc(C)c(C)cc32)c(C)c1. The van der Waals surface area contributed by atoms with Gasteiger partial charge < -0.3 is 14.4 Å². The van der Waals surface area contributed by atoms with Crippen molar-refractivity contribution in [2.24, 2.45) is 0 Å². The number of imidazole rings is 1. The summed E-state index contributed by atoms with van der Waals surface area (Å²) in [7, 11) is 0. The molecule has 1 heterocycles. The number of rotatable bonds is 7. The number of hydrogen-bond acceptors (Lipinski definition) is 3. The zero-order valence-corrected chi connectivity index (χ0v) is 16.2. The predicted molar refractivity (Wildman–Crippen MR) is 106 cm³/mol. The average Bonchev–Trinajstić information content (AvgIpc) is 2.92. The summed E-state index contributed by atoms with van der Waals surface area (Å²) in [5.74, 6) is 1.95. The number of aliphatic hydroxyl groups excluding tert-OH is 1. The average molecular weight is 352 g/mol. The van der Waals surface area contributed by atoms with Crippen LogP contribution in [0.15, 0.2) is 30.3 Å². The van der Waals surface area contributed by atoms with Gasteiger partial charge in [-0.05, 0) is 69.0 Å². The van der Waals surface area contributed by atoms with Crippen molar-refractivity contribution in [1.82, 2.24) is 9.55 Å². The number of nitrogens with zero attached hydrogens (tertiary/aromatic N) is 2. The van der Waals surface area contributed by atoms with E-state index in [9.17, 15) is 5.11 Å². The fourth-order valence-electron chi connectivity index (χ4n) is 3.32. The monoisotopic (exact) mass is 352 g/mol. The van der Waals surface area contributed by atoms with Crippen molar-refractivity contribution in [1.29, 1.82) is 0 Å². The van der Waals surface area contributed by atoms with Gasteiger partial charge in [0.2, 0.25) is 0 Å². The summed E-state index contributed by atoms with van der Waals surface area (Å²) in [4.78, 5) is 4.80. The lowest BCUT2D eigenvalue weighted by Crippen LogP contribution is -2.12. The summed E-state index contributed by atoms with van der Waals surface area (Å²) in [5, 5.41) is 9.20. The Kier molecular flexibility index (Phi) is 5.62. The van der Waals surface area contributed by atoms with E-state index in [0.717, 1.165) is 47.6 Å². The smallest absolute Gasteiger partial charge is 0.122 e. The molecule has 3 rings (SSSR count). The van der Waals surface area contributed by atoms with Gasteiger partial charge >= 0.3 is 0 Å². The van der Waals surface area contributed by atoms with Gasteiger partial charge in [-0.3, -0.25) is 0 Å². The van der Waals surface area contributed by atoms with Crippen LogP contribution in [0.3, 0.4) is 0 Å². The lowest BCUT2D eigenvalue weighted by Gasteiger charge is -2.13. The van der Waals surface area contributed by atoms with Crippen LogP contribution < -0.4 is 4.74 Å². The maximum absolute atomic E-state index is 9.20. The molecular formula is C22H28N2O2. The van der Waals surface area contributed by atoms with Crippen molar-refractivity contribution < 1.29 is 9.84 Å². The van der Waals surface area contributed by atoms with Gasteiger partial charge in [-0.1, -0.05) is 17.7 Å². The van der Waals surface area contributed by atoms with Crippen molar-refractivity contribution in [3.63, 3.8) is 0 Å². The second-order valence-corrected chi connectivity index (χ2v) is 7.05. The van der Waals surface area contributed by atoms with Gasteiger partial charge in [-0.25, -0.2) is 4.98 Å². The molecule has 2 aromatic carbocycles. The number of fused-ring (bicyclic) bond motifs is 1. The first-order valence-electron chi connectivity index (χ1n) is 9.27. The van der Waals surface area contributed by atoms with Gasteiger partial charge in [-0.15, -0.1) is 0 Å². The van der Waals surface area contributed by atoms with Gasteiger partial charge in [0.25, 0.3) is 0 Å². The number of aromatic nitrogens is 2. The highest BCUT2D eigenvalue weighted by molar-refractivity contribution is 5.78. The maximum atomic E-state index is 9.20. The predicted octanol–water partition coefficient (Wildman–Crippen LogP) is 4.27. The van der Waals surface area contributed by atoms with Gasteiger partial charge in [-0.2, -0.15) is 0 Å². The minimum absolute atomic E-state index is 0.181. The number of hydrogen-bond donors (Lipinski definition) is 1. The van der Waals surface area contributed by atoms with Crippen molar-refractivity contribution in [3.05, 3.63) is 58.4 Å². The Labute approximate surface area is 155 Å². The zero-order valence-electron chi connectivity index (χ0n) is 16.2. The highest BCUT2D eigenvalue weighted by Gasteiger charge is 2.12. The summed E-state index contributed by atoms with van der Waals surface area (Å²) in [6.45, 7) is 9.93. The zero-order chi connectivity index (χ0) is 18.7. The largest absolute Gasteiger partial charge is 0.491 e. The molecule has 0 aliphatic heterocycles. The fraction of sp³-hybridized carbons (Fsp3) is 0.409. The van der Waals surface area contributed by atoms with Crippen LogP contribution in [-0.4, -0.2) is 27.9 Å². The number of benzene rings is 2. The number of aliphatic hydroxyl groups is 1. The lowest BCUT2D eigenvalue weighted by molar-refractivity contribution is 0.283. The molecule has 0 radical (unpaired) electrons. The molecule has 0 unspecified atom stereocenters. The van der Waals surface area contributed by atoms with Crippen molar-refractivity contribution in [2.75, 3.05) is 13.2 Å². The second-order valence-electron chi connectivity index (χ2n) is 7.05. The van der Waals surface area contributed by atoms with Crippen LogP contribution in [0.5, 0.6) is 5.75 Å². The molecule has 0 spiro atoms. The topological polar surface area (TPSA) is 47.3 Å². The van der Waals surface area contributed by atoms with Crippen molar-refractivity contribution >= 4 is 11.0 Å². The normalized spacial score (nSPS) is 11.3. The summed E-state index contributed by atoms with van der Waals surface area (Å²) in [6, 6.07) is 10.6. The Hall–Kier alpha value is -2.33. The Morgan fingerprint density at radius 2 is 1.77 bits per heavy atom. The van der Waals surface area contributed by atoms with Crippen LogP contribution in [0.2, 0.25) is 0 Å². The Morgan fingerprint density at radius 3 is 2.50 bits per heavy atom. The molecule has 0 fully saturated rings. The first kappa shape index (κ1) is 18.5. The molecule has 0 saturated heterocycles. The third-order valence-electron chi connectivity index (χ3n) is 4.90. The Morgan fingerprint density at radius 1 is 1.00 bits per heavy atom. The third-order valence-corrected chi connectivity index (χ3v) is 4.90. The molecule has 3 aromatic rings. The van der Waals surface area contributed by atoms with E-state index in [1.807, 2.05) is 6.07 Å². The highest BCUT2D eigenvalue weighted by atomic mass is 16.5. The molecule has 4 heteroatoms. The molecule has 0 aliphatic carbocycles. The minimum Gasteiger partial charge on any atom is -0.491 e. The number of aryl methyl sites for hydroxylation is 5. The van der Waals surface area contributed by atoms with Gasteiger partial charge in [0.15, 0.2) is 0 Å². The van der Waals surface area contributed by atoms with Crippen LogP contribution >= 0.6 is 0 Å². The summed E-state index contributed by atoms with van der Waals surface area (Å²) >= 11 is 0. The van der Waals surface area contributed by atoms with Crippen LogP contribution in [-0.2, 0) is 13.0 Å². The first-order chi connectivity index (χ1) is 12.5. The van der Waals surface area contributed by atoms with Crippen LogP contribution in [0.4, 0.5) is 0 Å². The summed E-state index contributed by atoms with van der Waals surface area (Å²) in [5.41, 5.74) is 7.09. The second kappa shape index (κ2) is 7.92. The molecule has 138 valence electrons. The highest BCUT2D eigenvalue weighted by Crippen LogP contribution is 2.23. The van der Waals surface area contributed by atoms with E-state index in [-0.39, 0.29) is 6.61 Å². The molecule has 0 aliphatic rings. The fourth-order valence-corrected chi connectivity index (χ4v) is 3.32. The van der Waals surface area contributed by atoms with E-state index >= 15 is 0 Å². The molecule has 26 heavy (non-hydrogen) atoms. The number of ether oxygens (including phenoxy) is 1. The van der Waals surface area contributed by atoms with E-state index in [0.29, 0.717) is 6.61 Å². The van der Waals surface area contributed by atoms with E-state index in [1.165, 1.54) is 16.7 Å². The molecule has 0 amide bonds. The summed E-state index contributed by atoms with van der Waals surface area (Å²) in [6.07, 6.45) is 1.49. The molecule has 1 N–H and O–H groups in total. The van der Waals surface area contributed by atoms with E-state index in [2.05, 4.69) is 56.5 Å². The standard InChI is InChI=1S/C22H28N2O2/c1-15-7-8-21(18(4)12-15)26-11-9-24-20-14-17(3)16(2)13-19(20)23-22(24)6-5-10-25/h7-8,12-14,25H,5-6,9-11H2,1-4H3. The molecule has 0 saturated carbocycles. The maximum Gasteiger partial charge on any atom is 0.122 e. The molecule has 4 nitrogen and oxygen atoms in total. The summed E-state index contributed by atoms with van der Waals surface area (Å²) < 4.78 is 8.27. The van der Waals surface area contributed by atoms with E-state index in [1.54, 1.807) is 0 Å². The van der Waals surface area contributed by atoms with Crippen molar-refractivity contribution in [3.8, 4) is 5.75 Å². The molecule has 0 bridgehead atoms. The van der Waals surface area contributed by atoms with Crippen LogP contribution in [0.25, 0.3) is 11.0 Å². The van der Waals surface area contributed by atoms with E-state index in [4.69, 9.17) is 9.72 Å². The third kappa shape index (κ3) is 3.91. The quantitative estimate of drug-likeness (QED) is 0.690. The minimum atomic E-state index is 0.181. The van der Waals surface area contributed by atoms with E-state index < -0.39 is 0 Å². The molecule has 0 atom stereocenters. The van der Waals surface area contributed by atoms with Crippen molar-refractivity contribution in [2.45, 2.75) is 47.1 Å². The van der Waals surface area contributed by atoms with Gasteiger partial charge in [0.05, 0.1) is 17.6 Å². The van der Waals surface area contributed by atoms with Gasteiger partial charge in [0, 0.05) is 13.0 Å². The Bertz CT molecular complexity index is 912. The molecular weight excluding hydrogens is 324 g/mol. The Balaban J connectivity index is 1.83. The first-order valence-corrected chi connectivity index (χ1v) is 9.27. The van der Waals surface area contributed by atoms with Crippen LogP contribution in [0.1, 0.15) is 34.5 Å². The molecule has 1 aromatic heterocycles. The van der Waals surface area contributed by atoms with Crippen LogP contribution in [0, 0.1) is 27.7 Å². The lowest BCUT2D eigenvalue weighted by atomic mass is 10.1. The van der Waals surface area contributed by atoms with Gasteiger partial charge in [0.1, 0.15) is 18.2 Å².